The third-order valence-corrected chi connectivity index (χ3v) is 4.26. The maximum Gasteiger partial charge on any atom is 0.251 e. The highest BCUT2D eigenvalue weighted by molar-refractivity contribution is 6.07. The van der Waals surface area contributed by atoms with Crippen LogP contribution in [0.5, 0.6) is 0 Å². The van der Waals surface area contributed by atoms with E-state index in [1.165, 1.54) is 12.1 Å². The van der Waals surface area contributed by atoms with Gasteiger partial charge < -0.3 is 10.4 Å². The van der Waals surface area contributed by atoms with Crippen LogP contribution in [-0.4, -0.2) is 23.7 Å². The molecule has 1 aliphatic rings. The lowest BCUT2D eigenvalue weighted by atomic mass is 10.0. The van der Waals surface area contributed by atoms with Crippen LogP contribution < -0.4 is 5.32 Å². The lowest BCUT2D eigenvalue weighted by Gasteiger charge is -2.15. The van der Waals surface area contributed by atoms with Gasteiger partial charge in [0.15, 0.2) is 0 Å². The van der Waals surface area contributed by atoms with Gasteiger partial charge in [0.05, 0.1) is 6.10 Å². The highest BCUT2D eigenvalue weighted by atomic mass is 19.1. The second kappa shape index (κ2) is 5.82. The zero-order valence-corrected chi connectivity index (χ0v) is 11.7. The summed E-state index contributed by atoms with van der Waals surface area (Å²) in [5.41, 5.74) is 0.472. The van der Waals surface area contributed by atoms with Crippen LogP contribution in [0.4, 0.5) is 4.39 Å². The van der Waals surface area contributed by atoms with Gasteiger partial charge >= 0.3 is 0 Å². The van der Waals surface area contributed by atoms with Crippen molar-refractivity contribution >= 4 is 16.7 Å². The Kier molecular flexibility index (Phi) is 3.88. The Labute approximate surface area is 122 Å². The number of hydrogen-bond acceptors (Lipinski definition) is 2. The number of aliphatic hydroxyl groups excluding tert-OH is 1. The highest BCUT2D eigenvalue weighted by Crippen LogP contribution is 2.25. The van der Waals surface area contributed by atoms with Crippen LogP contribution in [0.15, 0.2) is 36.4 Å². The van der Waals surface area contributed by atoms with Crippen molar-refractivity contribution < 1.29 is 14.3 Å². The molecule has 0 spiro atoms. The molecule has 110 valence electrons. The molecule has 0 aromatic heterocycles. The first-order valence-corrected chi connectivity index (χ1v) is 7.30. The predicted molar refractivity (Wildman–Crippen MR) is 79.6 cm³/mol. The van der Waals surface area contributed by atoms with Crippen LogP contribution in [-0.2, 0) is 0 Å². The van der Waals surface area contributed by atoms with E-state index >= 15 is 0 Å². The minimum Gasteiger partial charge on any atom is -0.393 e. The summed E-state index contributed by atoms with van der Waals surface area (Å²) in [5, 5.41) is 13.7. The third kappa shape index (κ3) is 2.76. The molecule has 2 N–H and O–H groups in total. The van der Waals surface area contributed by atoms with E-state index in [0.29, 0.717) is 22.9 Å². The van der Waals surface area contributed by atoms with E-state index in [2.05, 4.69) is 5.32 Å². The van der Waals surface area contributed by atoms with Crippen molar-refractivity contribution in [3.63, 3.8) is 0 Å². The van der Waals surface area contributed by atoms with E-state index in [-0.39, 0.29) is 23.7 Å². The lowest BCUT2D eigenvalue weighted by molar-refractivity contribution is 0.0918. The zero-order valence-electron chi connectivity index (χ0n) is 11.7. The van der Waals surface area contributed by atoms with Crippen molar-refractivity contribution in [3.8, 4) is 0 Å². The highest BCUT2D eigenvalue weighted by Gasteiger charge is 2.25. The SMILES string of the molecule is O=C(NCC1CCCC1O)c1ccc(F)c2ccccc12. The molecule has 1 fully saturated rings. The van der Waals surface area contributed by atoms with E-state index in [9.17, 15) is 14.3 Å². The summed E-state index contributed by atoms with van der Waals surface area (Å²) < 4.78 is 13.7. The average Bonchev–Trinajstić information content (AvgIpc) is 2.91. The number of carbonyl (C=O) groups is 1. The number of halogens is 1. The van der Waals surface area contributed by atoms with Gasteiger partial charge in [-0.05, 0) is 30.4 Å². The van der Waals surface area contributed by atoms with Gasteiger partial charge in [0.2, 0.25) is 0 Å². The van der Waals surface area contributed by atoms with Gasteiger partial charge in [-0.3, -0.25) is 4.79 Å². The Morgan fingerprint density at radius 2 is 1.95 bits per heavy atom. The van der Waals surface area contributed by atoms with Crippen LogP contribution >= 0.6 is 0 Å². The topological polar surface area (TPSA) is 49.3 Å². The van der Waals surface area contributed by atoms with E-state index in [1.807, 2.05) is 0 Å². The van der Waals surface area contributed by atoms with Crippen LogP contribution in [0.2, 0.25) is 0 Å². The Hall–Kier alpha value is -1.94. The molecule has 1 aliphatic carbocycles. The molecule has 2 aromatic rings. The summed E-state index contributed by atoms with van der Waals surface area (Å²) in [4.78, 5) is 12.3. The Morgan fingerprint density at radius 1 is 1.19 bits per heavy atom. The van der Waals surface area contributed by atoms with E-state index < -0.39 is 0 Å². The van der Waals surface area contributed by atoms with Crippen molar-refractivity contribution in [1.29, 1.82) is 0 Å². The number of benzene rings is 2. The fraction of sp³-hybridized carbons (Fsp3) is 0.353. The maximum atomic E-state index is 13.7. The fourth-order valence-corrected chi connectivity index (χ4v) is 3.03. The van der Waals surface area contributed by atoms with E-state index in [0.717, 1.165) is 19.3 Å². The maximum absolute atomic E-state index is 13.7. The Morgan fingerprint density at radius 3 is 2.67 bits per heavy atom. The Balaban J connectivity index is 1.80. The van der Waals surface area contributed by atoms with E-state index in [1.54, 1.807) is 24.3 Å². The van der Waals surface area contributed by atoms with Gasteiger partial charge in [0.1, 0.15) is 5.82 Å². The standard InChI is InChI=1S/C17H18FNO2/c18-15-9-8-14(12-5-1-2-6-13(12)15)17(21)19-10-11-4-3-7-16(11)20/h1-2,5-6,8-9,11,16,20H,3-4,7,10H2,(H,19,21). The second-order valence-corrected chi connectivity index (χ2v) is 5.61. The normalized spacial score (nSPS) is 21.6. The molecule has 1 saturated carbocycles. The summed E-state index contributed by atoms with van der Waals surface area (Å²) in [5.74, 6) is -0.417. The molecule has 0 heterocycles. The van der Waals surface area contributed by atoms with Crippen molar-refractivity contribution in [2.75, 3.05) is 6.54 Å². The molecule has 3 rings (SSSR count). The predicted octanol–water partition coefficient (Wildman–Crippen LogP) is 2.87. The lowest BCUT2D eigenvalue weighted by Crippen LogP contribution is -2.32. The first-order valence-electron chi connectivity index (χ1n) is 7.30. The van der Waals surface area contributed by atoms with Gasteiger partial charge in [-0.1, -0.05) is 30.7 Å². The van der Waals surface area contributed by atoms with E-state index in [4.69, 9.17) is 0 Å². The molecule has 1 amide bonds. The first kappa shape index (κ1) is 14.0. The second-order valence-electron chi connectivity index (χ2n) is 5.61. The van der Waals surface area contributed by atoms with Crippen molar-refractivity contribution in [2.24, 2.45) is 5.92 Å². The monoisotopic (exact) mass is 287 g/mol. The summed E-state index contributed by atoms with van der Waals surface area (Å²) in [6, 6.07) is 9.79. The molecule has 3 nitrogen and oxygen atoms in total. The molecule has 0 saturated heterocycles. The molecule has 4 heteroatoms. The minimum atomic E-state index is -0.326. The largest absolute Gasteiger partial charge is 0.393 e. The van der Waals surface area contributed by atoms with Gasteiger partial charge in [-0.15, -0.1) is 0 Å². The number of hydrogen-bond donors (Lipinski definition) is 2. The first-order chi connectivity index (χ1) is 10.2. The molecular weight excluding hydrogens is 269 g/mol. The molecule has 0 aliphatic heterocycles. The molecular formula is C17H18FNO2. The third-order valence-electron chi connectivity index (χ3n) is 4.26. The van der Waals surface area contributed by atoms with Gasteiger partial charge in [0.25, 0.3) is 5.91 Å². The van der Waals surface area contributed by atoms with Crippen LogP contribution in [0.1, 0.15) is 29.6 Å². The van der Waals surface area contributed by atoms with Crippen molar-refractivity contribution in [1.82, 2.24) is 5.32 Å². The number of rotatable bonds is 3. The van der Waals surface area contributed by atoms with Gasteiger partial charge in [-0.2, -0.15) is 0 Å². The summed E-state index contributed by atoms with van der Waals surface area (Å²) in [7, 11) is 0. The van der Waals surface area contributed by atoms with Crippen molar-refractivity contribution in [3.05, 3.63) is 47.8 Å². The summed E-state index contributed by atoms with van der Waals surface area (Å²) >= 11 is 0. The molecule has 21 heavy (non-hydrogen) atoms. The molecule has 2 aromatic carbocycles. The molecule has 0 radical (unpaired) electrons. The number of aliphatic hydroxyl groups is 1. The number of carbonyl (C=O) groups excluding carboxylic acids is 1. The van der Waals surface area contributed by atoms with Crippen LogP contribution in [0.25, 0.3) is 10.8 Å². The number of nitrogens with one attached hydrogen (secondary N) is 1. The fourth-order valence-electron chi connectivity index (χ4n) is 3.03. The molecule has 2 atom stereocenters. The van der Waals surface area contributed by atoms with Crippen molar-refractivity contribution in [2.45, 2.75) is 25.4 Å². The quantitative estimate of drug-likeness (QED) is 0.912. The minimum absolute atomic E-state index is 0.126. The molecule has 2 unspecified atom stereocenters. The van der Waals surface area contributed by atoms with Crippen LogP contribution in [0, 0.1) is 11.7 Å². The van der Waals surface area contributed by atoms with Gasteiger partial charge in [0, 0.05) is 23.4 Å². The number of fused-ring (bicyclic) bond motifs is 1. The Bertz CT molecular complexity index is 671. The van der Waals surface area contributed by atoms with Gasteiger partial charge in [-0.25, -0.2) is 4.39 Å². The zero-order chi connectivity index (χ0) is 14.8. The smallest absolute Gasteiger partial charge is 0.251 e. The number of amides is 1. The summed E-state index contributed by atoms with van der Waals surface area (Å²) in [6.45, 7) is 0.464. The average molecular weight is 287 g/mol. The van der Waals surface area contributed by atoms with Crippen LogP contribution in [0.3, 0.4) is 0 Å². The molecule has 0 bridgehead atoms. The summed E-state index contributed by atoms with van der Waals surface area (Å²) in [6.07, 6.45) is 2.42.